The minimum Gasteiger partial charge on any atom is -0.463 e. The molecule has 3 rings (SSSR count). The number of carbonyl (C=O) groups is 3. The summed E-state index contributed by atoms with van der Waals surface area (Å²) in [5.74, 6) is 0.112. The van der Waals surface area contributed by atoms with Crippen molar-refractivity contribution in [2.75, 3.05) is 60.1 Å². The predicted molar refractivity (Wildman–Crippen MR) is 91.2 cm³/mol. The average molecular weight is 366 g/mol. The van der Waals surface area contributed by atoms with Crippen LogP contribution >= 0.6 is 0 Å². The second-order valence-electron chi connectivity index (χ2n) is 6.35. The molecule has 0 bridgehead atoms. The second-order valence-corrected chi connectivity index (χ2v) is 6.35. The van der Waals surface area contributed by atoms with Gasteiger partial charge in [0.1, 0.15) is 6.54 Å². The van der Waals surface area contributed by atoms with Gasteiger partial charge in [-0.3, -0.25) is 19.5 Å². The van der Waals surface area contributed by atoms with Crippen molar-refractivity contribution in [3.8, 4) is 0 Å². The molecule has 0 spiro atoms. The number of fused-ring (bicyclic) bond motifs is 1. The van der Waals surface area contributed by atoms with Crippen LogP contribution in [0.15, 0.2) is 4.99 Å². The van der Waals surface area contributed by atoms with Gasteiger partial charge in [0.15, 0.2) is 6.54 Å². The fraction of sp³-hybridized carbons (Fsp3) is 0.688. The van der Waals surface area contributed by atoms with Crippen LogP contribution in [0.1, 0.15) is 6.92 Å². The van der Waals surface area contributed by atoms with Crippen LogP contribution in [0, 0.1) is 0 Å². The zero-order valence-corrected chi connectivity index (χ0v) is 15.3. The molecule has 10 heteroatoms. The van der Waals surface area contributed by atoms with Gasteiger partial charge in [-0.05, 0) is 11.9 Å². The molecule has 2 fully saturated rings. The first-order valence-electron chi connectivity index (χ1n) is 8.66. The summed E-state index contributed by atoms with van der Waals surface area (Å²) in [5.41, 5.74) is 0. The summed E-state index contributed by atoms with van der Waals surface area (Å²) in [4.78, 5) is 46.1. The molecule has 3 heterocycles. The summed E-state index contributed by atoms with van der Waals surface area (Å²) in [7, 11) is 3.01. The summed E-state index contributed by atoms with van der Waals surface area (Å²) in [5, 5.41) is 0. The first kappa shape index (κ1) is 18.5. The van der Waals surface area contributed by atoms with Crippen molar-refractivity contribution >= 4 is 29.6 Å². The van der Waals surface area contributed by atoms with E-state index in [4.69, 9.17) is 9.47 Å². The number of amidine groups is 2. The Morgan fingerprint density at radius 2 is 1.96 bits per heavy atom. The highest BCUT2D eigenvalue weighted by Gasteiger charge is 2.53. The third-order valence-corrected chi connectivity index (χ3v) is 4.69. The lowest BCUT2D eigenvalue weighted by molar-refractivity contribution is -0.527. The van der Waals surface area contributed by atoms with E-state index in [0.29, 0.717) is 31.4 Å². The number of morpholine rings is 1. The van der Waals surface area contributed by atoms with E-state index >= 15 is 0 Å². The van der Waals surface area contributed by atoms with Crippen molar-refractivity contribution < 1.29 is 28.4 Å². The molecule has 1 atom stereocenters. The molecule has 142 valence electrons. The smallest absolute Gasteiger partial charge is 0.348 e. The number of hydrogen-bond acceptors (Lipinski definition) is 7. The van der Waals surface area contributed by atoms with Gasteiger partial charge in [-0.15, -0.1) is 0 Å². The number of amides is 3. The maximum atomic E-state index is 12.7. The Bertz CT molecular complexity index is 683. The predicted octanol–water partition coefficient (Wildman–Crippen LogP) is -1.40. The van der Waals surface area contributed by atoms with E-state index in [9.17, 15) is 14.4 Å². The SMILES string of the molecule is CCOC(=O)C[N+]1=C(CN2CCOCC2)N=C2C1C(=O)N(C)C(=O)N2C. The van der Waals surface area contributed by atoms with Crippen molar-refractivity contribution in [2.24, 2.45) is 4.99 Å². The second kappa shape index (κ2) is 7.50. The van der Waals surface area contributed by atoms with E-state index in [1.165, 1.54) is 11.9 Å². The number of hydrogen-bond donors (Lipinski definition) is 0. The fourth-order valence-electron chi connectivity index (χ4n) is 3.26. The molecule has 0 aromatic heterocycles. The highest BCUT2D eigenvalue weighted by atomic mass is 16.5. The Morgan fingerprint density at radius 3 is 2.62 bits per heavy atom. The van der Waals surface area contributed by atoms with Crippen LogP contribution in [0.25, 0.3) is 0 Å². The van der Waals surface area contributed by atoms with Crippen LogP contribution in [0.4, 0.5) is 4.79 Å². The van der Waals surface area contributed by atoms with Crippen molar-refractivity contribution in [3.05, 3.63) is 0 Å². The van der Waals surface area contributed by atoms with E-state index < -0.39 is 23.9 Å². The van der Waals surface area contributed by atoms with Gasteiger partial charge in [0.25, 0.3) is 17.8 Å². The monoisotopic (exact) mass is 366 g/mol. The lowest BCUT2D eigenvalue weighted by atomic mass is 10.1. The molecule has 0 aromatic carbocycles. The quantitative estimate of drug-likeness (QED) is 0.439. The van der Waals surface area contributed by atoms with E-state index in [-0.39, 0.29) is 13.2 Å². The standard InChI is InChI=1S/C16H24N5O5/c1-4-26-12(22)10-21-11(9-20-5-7-25-8-6-20)17-14-13(21)15(23)19(3)16(24)18(14)2/h13H,4-10H2,1-3H3/q+1. The molecule has 26 heavy (non-hydrogen) atoms. The largest absolute Gasteiger partial charge is 0.463 e. The molecule has 1 unspecified atom stereocenters. The van der Waals surface area contributed by atoms with E-state index in [1.54, 1.807) is 18.5 Å². The number of ether oxygens (including phenoxy) is 2. The molecule has 0 saturated carbocycles. The maximum absolute atomic E-state index is 12.7. The Balaban J connectivity index is 1.92. The van der Waals surface area contributed by atoms with Gasteiger partial charge >= 0.3 is 17.8 Å². The molecule has 3 aliphatic rings. The number of urea groups is 1. The lowest BCUT2D eigenvalue weighted by Gasteiger charge is -2.30. The zero-order valence-electron chi connectivity index (χ0n) is 15.3. The number of rotatable bonds is 5. The number of esters is 1. The van der Waals surface area contributed by atoms with Crippen LogP contribution in [0.2, 0.25) is 0 Å². The normalized spacial score (nSPS) is 24.1. The number of imide groups is 1. The van der Waals surface area contributed by atoms with Gasteiger partial charge in [0.05, 0.1) is 19.8 Å². The van der Waals surface area contributed by atoms with Crippen molar-refractivity contribution in [1.82, 2.24) is 14.7 Å². The van der Waals surface area contributed by atoms with E-state index in [2.05, 4.69) is 9.89 Å². The van der Waals surface area contributed by atoms with Crippen molar-refractivity contribution in [3.63, 3.8) is 0 Å². The zero-order chi connectivity index (χ0) is 18.8. The van der Waals surface area contributed by atoms with Crippen molar-refractivity contribution in [1.29, 1.82) is 0 Å². The summed E-state index contributed by atoms with van der Waals surface area (Å²) >= 11 is 0. The van der Waals surface area contributed by atoms with Gasteiger partial charge in [-0.25, -0.2) is 14.2 Å². The number of aliphatic imine (C=N–C) groups is 1. The van der Waals surface area contributed by atoms with Gasteiger partial charge in [0.2, 0.25) is 0 Å². The highest BCUT2D eigenvalue weighted by Crippen LogP contribution is 2.19. The summed E-state index contributed by atoms with van der Waals surface area (Å²) < 4.78 is 12.0. The Morgan fingerprint density at radius 1 is 1.27 bits per heavy atom. The minimum absolute atomic E-state index is 0.0905. The first-order chi connectivity index (χ1) is 12.4. The van der Waals surface area contributed by atoms with Gasteiger partial charge in [0, 0.05) is 27.2 Å². The van der Waals surface area contributed by atoms with Crippen LogP contribution < -0.4 is 0 Å². The molecule has 0 aliphatic carbocycles. The molecule has 2 saturated heterocycles. The van der Waals surface area contributed by atoms with Crippen molar-refractivity contribution in [2.45, 2.75) is 13.0 Å². The third-order valence-electron chi connectivity index (χ3n) is 4.69. The molecule has 10 nitrogen and oxygen atoms in total. The summed E-state index contributed by atoms with van der Waals surface area (Å²) in [6, 6.07) is -1.23. The van der Waals surface area contributed by atoms with Crippen LogP contribution in [-0.2, 0) is 19.1 Å². The molecule has 0 radical (unpaired) electrons. The molecule has 0 N–H and O–H groups in total. The number of likely N-dealkylation sites (N-methyl/N-ethyl adjacent to an activating group) is 2. The maximum Gasteiger partial charge on any atom is 0.348 e. The molecule has 0 aromatic rings. The van der Waals surface area contributed by atoms with Crippen LogP contribution in [-0.4, -0.2) is 115 Å². The highest BCUT2D eigenvalue weighted by molar-refractivity contribution is 6.23. The third kappa shape index (κ3) is 3.34. The molecule has 3 amide bonds. The minimum atomic E-state index is -0.789. The lowest BCUT2D eigenvalue weighted by Crippen LogP contribution is -2.62. The Hall–Kier alpha value is -2.33. The van der Waals surface area contributed by atoms with E-state index in [1.807, 2.05) is 0 Å². The fourth-order valence-corrected chi connectivity index (χ4v) is 3.26. The average Bonchev–Trinajstić information content (AvgIpc) is 2.97. The van der Waals surface area contributed by atoms with Gasteiger partial charge in [-0.2, -0.15) is 0 Å². The van der Waals surface area contributed by atoms with Gasteiger partial charge in [-0.1, -0.05) is 0 Å². The summed E-state index contributed by atoms with van der Waals surface area (Å²) in [6.07, 6.45) is 0. The summed E-state index contributed by atoms with van der Waals surface area (Å²) in [6.45, 7) is 5.12. The molecule has 3 aliphatic heterocycles. The van der Waals surface area contributed by atoms with Crippen LogP contribution in [0.5, 0.6) is 0 Å². The van der Waals surface area contributed by atoms with Crippen LogP contribution in [0.3, 0.4) is 0 Å². The molecular weight excluding hydrogens is 342 g/mol. The Kier molecular flexibility index (Phi) is 5.33. The van der Waals surface area contributed by atoms with Gasteiger partial charge < -0.3 is 9.47 Å². The molecular formula is C16H24N5O5+. The van der Waals surface area contributed by atoms with E-state index in [0.717, 1.165) is 18.0 Å². The topological polar surface area (TPSA) is 94.8 Å². The number of carbonyl (C=O) groups excluding carboxylic acids is 3. The Labute approximate surface area is 151 Å². The number of nitrogens with zero attached hydrogens (tertiary/aromatic N) is 5. The first-order valence-corrected chi connectivity index (χ1v) is 8.66.